The van der Waals surface area contributed by atoms with Gasteiger partial charge in [-0.05, 0) is 73.1 Å². The van der Waals surface area contributed by atoms with Gasteiger partial charge in [-0.3, -0.25) is 9.59 Å². The summed E-state index contributed by atoms with van der Waals surface area (Å²) in [7, 11) is 0. The molecule has 0 bridgehead atoms. The molecule has 2 saturated carbocycles. The fourth-order valence-corrected chi connectivity index (χ4v) is 6.09. The van der Waals surface area contributed by atoms with Crippen molar-refractivity contribution in [3.63, 3.8) is 0 Å². The van der Waals surface area contributed by atoms with E-state index in [1.807, 2.05) is 0 Å². The maximum absolute atomic E-state index is 14.5. The largest absolute Gasteiger partial charge is 0.460 e. The highest BCUT2D eigenvalue weighted by molar-refractivity contribution is 5.69. The number of aliphatic hydroxyl groups is 1. The van der Waals surface area contributed by atoms with Gasteiger partial charge in [-0.2, -0.15) is 0 Å². The van der Waals surface area contributed by atoms with Crippen molar-refractivity contribution in [1.29, 1.82) is 0 Å². The molecule has 28 heavy (non-hydrogen) atoms. The first-order valence-electron chi connectivity index (χ1n) is 10.1. The molecule has 0 aromatic heterocycles. The van der Waals surface area contributed by atoms with Gasteiger partial charge in [0.1, 0.15) is 6.10 Å². The highest BCUT2D eigenvalue weighted by Gasteiger charge is 2.59. The molecule has 3 aliphatic carbocycles. The van der Waals surface area contributed by atoms with Gasteiger partial charge in [0.15, 0.2) is 11.6 Å². The average Bonchev–Trinajstić information content (AvgIpc) is 2.86. The lowest BCUT2D eigenvalue weighted by Gasteiger charge is -2.49. The Balaban J connectivity index is 1.64. The molecular weight excluding hydrogens is 363 g/mol. The van der Waals surface area contributed by atoms with Crippen LogP contribution in [0.3, 0.4) is 0 Å². The van der Waals surface area contributed by atoms with Crippen molar-refractivity contribution in [2.45, 2.75) is 71.0 Å². The highest BCUT2D eigenvalue weighted by atomic mass is 19.1. The zero-order valence-corrected chi connectivity index (χ0v) is 16.5. The molecular formula is C22H27FO5. The predicted octanol–water partition coefficient (Wildman–Crippen LogP) is 3.51. The number of halogens is 1. The topological polar surface area (TPSA) is 72.8 Å². The van der Waals surface area contributed by atoms with Crippen molar-refractivity contribution in [3.8, 4) is 5.75 Å². The van der Waals surface area contributed by atoms with Crippen LogP contribution in [0.5, 0.6) is 5.75 Å². The normalized spacial score (nSPS) is 36.1. The van der Waals surface area contributed by atoms with Crippen molar-refractivity contribution < 1.29 is 28.6 Å². The maximum Gasteiger partial charge on any atom is 0.308 e. The number of carbonyl (C=O) groups is 2. The third kappa shape index (κ3) is 3.02. The van der Waals surface area contributed by atoms with Crippen LogP contribution in [0.4, 0.5) is 4.39 Å². The van der Waals surface area contributed by atoms with Crippen molar-refractivity contribution in [1.82, 2.24) is 0 Å². The van der Waals surface area contributed by atoms with Crippen LogP contribution >= 0.6 is 0 Å². The van der Waals surface area contributed by atoms with Gasteiger partial charge in [-0.15, -0.1) is 0 Å². The van der Waals surface area contributed by atoms with E-state index in [9.17, 15) is 19.1 Å². The molecule has 1 aromatic rings. The Labute approximate surface area is 164 Å². The third-order valence-electron chi connectivity index (χ3n) is 7.30. The maximum atomic E-state index is 14.5. The first-order valence-corrected chi connectivity index (χ1v) is 10.1. The number of aliphatic hydroxyl groups excluding tert-OH is 1. The molecule has 0 heterocycles. The Morgan fingerprint density at radius 3 is 2.64 bits per heavy atom. The minimum atomic E-state index is -0.660. The molecule has 0 amide bonds. The molecule has 6 atom stereocenters. The second-order valence-corrected chi connectivity index (χ2v) is 8.86. The Kier molecular flexibility index (Phi) is 4.73. The fraction of sp³-hybridized carbons (Fsp3) is 0.636. The molecule has 1 N–H and O–H groups in total. The summed E-state index contributed by atoms with van der Waals surface area (Å²) in [6.07, 6.45) is 2.92. The number of ether oxygens (including phenoxy) is 2. The van der Waals surface area contributed by atoms with Crippen molar-refractivity contribution in [2.24, 2.45) is 17.3 Å². The van der Waals surface area contributed by atoms with Gasteiger partial charge in [0.2, 0.25) is 0 Å². The summed E-state index contributed by atoms with van der Waals surface area (Å²) in [5, 5.41) is 10.9. The molecule has 0 radical (unpaired) electrons. The molecule has 5 nitrogen and oxygen atoms in total. The highest BCUT2D eigenvalue weighted by Crippen LogP contribution is 2.61. The number of hydrogen-bond donors (Lipinski definition) is 1. The van der Waals surface area contributed by atoms with Crippen LogP contribution in [0.25, 0.3) is 0 Å². The van der Waals surface area contributed by atoms with Crippen molar-refractivity contribution in [2.75, 3.05) is 0 Å². The zero-order valence-electron chi connectivity index (χ0n) is 16.5. The van der Waals surface area contributed by atoms with E-state index in [0.717, 1.165) is 36.8 Å². The summed E-state index contributed by atoms with van der Waals surface area (Å²) in [4.78, 5) is 22.6. The molecule has 2 fully saturated rings. The van der Waals surface area contributed by atoms with Gasteiger partial charge in [-0.25, -0.2) is 4.39 Å². The summed E-state index contributed by atoms with van der Waals surface area (Å²) in [5.74, 6) is -0.639. The second-order valence-electron chi connectivity index (χ2n) is 8.86. The Hall–Kier alpha value is -1.95. The number of esters is 2. The lowest BCUT2D eigenvalue weighted by Crippen LogP contribution is -2.45. The Morgan fingerprint density at radius 2 is 1.96 bits per heavy atom. The minimum absolute atomic E-state index is 0.00319. The monoisotopic (exact) mass is 390 g/mol. The number of benzene rings is 1. The lowest BCUT2D eigenvalue weighted by atomic mass is 9.55. The molecule has 4 rings (SSSR count). The van der Waals surface area contributed by atoms with Gasteiger partial charge in [-0.1, -0.05) is 6.92 Å². The second kappa shape index (κ2) is 6.83. The number of rotatable bonds is 2. The Bertz CT molecular complexity index is 821. The first-order chi connectivity index (χ1) is 13.2. The SMILES string of the molecule is CC(=O)Oc1cc2c(cc1F)[C@H]1CC[C@]3(C)[C@@H](O)[C@@H](OC(C)=O)C[C@H]3[C@@H]1CC2. The van der Waals surface area contributed by atoms with E-state index < -0.39 is 24.0 Å². The lowest BCUT2D eigenvalue weighted by molar-refractivity contribution is -0.153. The van der Waals surface area contributed by atoms with Crippen LogP contribution in [0.15, 0.2) is 12.1 Å². The van der Waals surface area contributed by atoms with Gasteiger partial charge in [0.05, 0.1) is 6.10 Å². The summed E-state index contributed by atoms with van der Waals surface area (Å²) < 4.78 is 24.9. The smallest absolute Gasteiger partial charge is 0.308 e. The van der Waals surface area contributed by atoms with Crippen LogP contribution in [-0.4, -0.2) is 29.3 Å². The summed E-state index contributed by atoms with van der Waals surface area (Å²) in [6.45, 7) is 4.74. The standard InChI is InChI=1S/C22H27FO5/c1-11(24)27-19-8-13-4-5-15-14(16(13)9-18(19)23)6-7-22(3)17(15)10-20(21(22)26)28-12(2)25/h8-9,14-15,17,20-21,26H,4-7,10H2,1-3H3/t14-,15+,17-,20-,21-,22-/m0/s1. The quantitative estimate of drug-likeness (QED) is 0.618. The first kappa shape index (κ1) is 19.4. The van der Waals surface area contributed by atoms with E-state index in [1.165, 1.54) is 19.9 Å². The number of carbonyl (C=O) groups excluding carboxylic acids is 2. The van der Waals surface area contributed by atoms with Crippen LogP contribution in [0, 0.1) is 23.1 Å². The molecule has 0 aliphatic heterocycles. The minimum Gasteiger partial charge on any atom is -0.460 e. The predicted molar refractivity (Wildman–Crippen MR) is 99.3 cm³/mol. The Morgan fingerprint density at radius 1 is 1.21 bits per heavy atom. The summed E-state index contributed by atoms with van der Waals surface area (Å²) in [5.41, 5.74) is 1.75. The van der Waals surface area contributed by atoms with Crippen LogP contribution in [0.1, 0.15) is 63.5 Å². The number of fused-ring (bicyclic) bond motifs is 5. The average molecular weight is 390 g/mol. The number of aryl methyl sites for hydroxylation is 1. The fourth-order valence-electron chi connectivity index (χ4n) is 6.09. The summed E-state index contributed by atoms with van der Waals surface area (Å²) >= 11 is 0. The molecule has 3 aliphatic rings. The van der Waals surface area contributed by atoms with E-state index >= 15 is 0 Å². The van der Waals surface area contributed by atoms with E-state index in [0.29, 0.717) is 12.3 Å². The molecule has 0 spiro atoms. The third-order valence-corrected chi connectivity index (χ3v) is 7.30. The van der Waals surface area contributed by atoms with Crippen LogP contribution in [-0.2, 0) is 20.7 Å². The van der Waals surface area contributed by atoms with E-state index in [2.05, 4.69) is 6.92 Å². The molecule has 0 saturated heterocycles. The number of hydrogen-bond acceptors (Lipinski definition) is 5. The van der Waals surface area contributed by atoms with E-state index in [1.54, 1.807) is 6.07 Å². The van der Waals surface area contributed by atoms with Crippen LogP contribution < -0.4 is 4.74 Å². The molecule has 0 unspecified atom stereocenters. The van der Waals surface area contributed by atoms with E-state index in [-0.39, 0.29) is 29.0 Å². The van der Waals surface area contributed by atoms with Gasteiger partial charge < -0.3 is 14.6 Å². The van der Waals surface area contributed by atoms with Crippen molar-refractivity contribution in [3.05, 3.63) is 29.1 Å². The molecule has 152 valence electrons. The van der Waals surface area contributed by atoms with Gasteiger partial charge in [0.25, 0.3) is 0 Å². The van der Waals surface area contributed by atoms with Gasteiger partial charge in [0, 0.05) is 19.3 Å². The molecule has 1 aromatic carbocycles. The molecule has 6 heteroatoms. The zero-order chi connectivity index (χ0) is 20.2. The van der Waals surface area contributed by atoms with Gasteiger partial charge >= 0.3 is 11.9 Å². The summed E-state index contributed by atoms with van der Waals surface area (Å²) in [6, 6.07) is 3.20. The van der Waals surface area contributed by atoms with E-state index in [4.69, 9.17) is 9.47 Å². The van der Waals surface area contributed by atoms with Crippen molar-refractivity contribution >= 4 is 11.9 Å². The van der Waals surface area contributed by atoms with Crippen LogP contribution in [0.2, 0.25) is 0 Å².